The van der Waals surface area contributed by atoms with Gasteiger partial charge in [-0.05, 0) is 43.3 Å². The predicted octanol–water partition coefficient (Wildman–Crippen LogP) is 2.06. The highest BCUT2D eigenvalue weighted by molar-refractivity contribution is 5.98. The minimum absolute atomic E-state index is 0.0476. The number of fused-ring (bicyclic) bond motifs is 1. The predicted molar refractivity (Wildman–Crippen MR) is 108 cm³/mol. The summed E-state index contributed by atoms with van der Waals surface area (Å²) in [7, 11) is 1.58. The third-order valence-corrected chi connectivity index (χ3v) is 5.23. The second-order valence-electron chi connectivity index (χ2n) is 6.93. The van der Waals surface area contributed by atoms with Gasteiger partial charge in [0.1, 0.15) is 11.3 Å². The fourth-order valence-corrected chi connectivity index (χ4v) is 3.57. The van der Waals surface area contributed by atoms with E-state index in [-0.39, 0.29) is 11.8 Å². The van der Waals surface area contributed by atoms with Crippen molar-refractivity contribution in [1.82, 2.24) is 24.8 Å². The fourth-order valence-electron chi connectivity index (χ4n) is 3.57. The average Bonchev–Trinajstić information content (AvgIpc) is 3.20. The number of aryl methyl sites for hydroxylation is 1. The molecule has 1 aliphatic heterocycles. The first-order valence-electron chi connectivity index (χ1n) is 9.66. The molecule has 2 heterocycles. The van der Waals surface area contributed by atoms with Crippen molar-refractivity contribution < 1.29 is 14.3 Å². The third kappa shape index (κ3) is 3.65. The van der Waals surface area contributed by atoms with Crippen LogP contribution in [0.4, 0.5) is 0 Å². The molecule has 1 fully saturated rings. The van der Waals surface area contributed by atoms with Crippen LogP contribution in [0.1, 0.15) is 27.6 Å². The van der Waals surface area contributed by atoms with E-state index in [9.17, 15) is 9.59 Å². The Balaban J connectivity index is 1.42. The number of rotatable bonds is 4. The number of aromatic nitrogens is 3. The topological polar surface area (TPSA) is 80.6 Å². The van der Waals surface area contributed by atoms with Crippen molar-refractivity contribution in [3.05, 3.63) is 53.6 Å². The Bertz CT molecular complexity index is 1050. The summed E-state index contributed by atoms with van der Waals surface area (Å²) in [5.41, 5.74) is 2.81. The van der Waals surface area contributed by atoms with Gasteiger partial charge in [0.2, 0.25) is 0 Å². The smallest absolute Gasteiger partial charge is 0.254 e. The molecule has 0 spiro atoms. The zero-order valence-electron chi connectivity index (χ0n) is 16.5. The van der Waals surface area contributed by atoms with E-state index in [0.717, 1.165) is 12.1 Å². The van der Waals surface area contributed by atoms with E-state index < -0.39 is 0 Å². The molecule has 0 N–H and O–H groups in total. The van der Waals surface area contributed by atoms with E-state index in [1.54, 1.807) is 45.9 Å². The Hall–Kier alpha value is -3.42. The number of amides is 2. The van der Waals surface area contributed by atoms with Crippen molar-refractivity contribution in [3.8, 4) is 5.75 Å². The number of piperazine rings is 1. The van der Waals surface area contributed by atoms with Crippen molar-refractivity contribution in [2.24, 2.45) is 0 Å². The Morgan fingerprint density at radius 3 is 2.24 bits per heavy atom. The maximum absolute atomic E-state index is 12.9. The SMILES string of the molecule is CCn1nnc2cc(C(=O)N3CCN(C(=O)c4cccc(OC)c4)CC3)ccc21. The van der Waals surface area contributed by atoms with Crippen LogP contribution in [0.5, 0.6) is 5.75 Å². The fraction of sp³-hybridized carbons (Fsp3) is 0.333. The van der Waals surface area contributed by atoms with E-state index in [2.05, 4.69) is 10.3 Å². The molecule has 4 rings (SSSR count). The van der Waals surface area contributed by atoms with Crippen LogP contribution in [0.2, 0.25) is 0 Å². The Morgan fingerprint density at radius 1 is 0.966 bits per heavy atom. The van der Waals surface area contributed by atoms with Gasteiger partial charge in [-0.15, -0.1) is 5.10 Å². The maximum Gasteiger partial charge on any atom is 0.254 e. The molecular formula is C21H23N5O3. The standard InChI is InChI=1S/C21H23N5O3/c1-3-26-19-8-7-16(14-18(19)22-23-26)21(28)25-11-9-24(10-12-25)20(27)15-5-4-6-17(13-15)29-2/h4-8,13-14H,3,9-12H2,1-2H3. The molecule has 0 aliphatic carbocycles. The van der Waals surface area contributed by atoms with Gasteiger partial charge in [-0.25, -0.2) is 4.68 Å². The summed E-state index contributed by atoms with van der Waals surface area (Å²) in [4.78, 5) is 29.2. The van der Waals surface area contributed by atoms with Crippen molar-refractivity contribution in [3.63, 3.8) is 0 Å². The molecule has 3 aromatic rings. The van der Waals surface area contributed by atoms with Gasteiger partial charge in [-0.3, -0.25) is 9.59 Å². The van der Waals surface area contributed by atoms with Crippen LogP contribution >= 0.6 is 0 Å². The molecule has 2 amide bonds. The van der Waals surface area contributed by atoms with Gasteiger partial charge in [0.25, 0.3) is 11.8 Å². The van der Waals surface area contributed by atoms with E-state index in [1.807, 2.05) is 25.1 Å². The molecule has 0 atom stereocenters. The minimum Gasteiger partial charge on any atom is -0.497 e. The molecule has 2 aromatic carbocycles. The highest BCUT2D eigenvalue weighted by Crippen LogP contribution is 2.18. The highest BCUT2D eigenvalue weighted by atomic mass is 16.5. The summed E-state index contributed by atoms with van der Waals surface area (Å²) >= 11 is 0. The van der Waals surface area contributed by atoms with Gasteiger partial charge in [0.15, 0.2) is 0 Å². The summed E-state index contributed by atoms with van der Waals surface area (Å²) in [6.07, 6.45) is 0. The van der Waals surface area contributed by atoms with Gasteiger partial charge >= 0.3 is 0 Å². The summed E-state index contributed by atoms with van der Waals surface area (Å²) in [6.45, 7) is 4.71. The number of hydrogen-bond acceptors (Lipinski definition) is 5. The maximum atomic E-state index is 12.9. The first kappa shape index (κ1) is 18.9. The van der Waals surface area contributed by atoms with Gasteiger partial charge in [0.05, 0.1) is 12.6 Å². The van der Waals surface area contributed by atoms with Crippen LogP contribution in [-0.4, -0.2) is 69.9 Å². The molecule has 8 heteroatoms. The van der Waals surface area contributed by atoms with Crippen molar-refractivity contribution in [2.45, 2.75) is 13.5 Å². The largest absolute Gasteiger partial charge is 0.497 e. The zero-order valence-corrected chi connectivity index (χ0v) is 16.5. The van der Waals surface area contributed by atoms with Gasteiger partial charge < -0.3 is 14.5 Å². The molecule has 0 bridgehead atoms. The quantitative estimate of drug-likeness (QED) is 0.678. The Morgan fingerprint density at radius 2 is 1.62 bits per heavy atom. The third-order valence-electron chi connectivity index (χ3n) is 5.23. The number of methoxy groups -OCH3 is 1. The van der Waals surface area contributed by atoms with Gasteiger partial charge in [0, 0.05) is 43.9 Å². The molecule has 29 heavy (non-hydrogen) atoms. The molecular weight excluding hydrogens is 370 g/mol. The van der Waals surface area contributed by atoms with Crippen LogP contribution in [0.15, 0.2) is 42.5 Å². The highest BCUT2D eigenvalue weighted by Gasteiger charge is 2.26. The zero-order chi connectivity index (χ0) is 20.4. The lowest BCUT2D eigenvalue weighted by Gasteiger charge is -2.35. The number of benzene rings is 2. The second-order valence-corrected chi connectivity index (χ2v) is 6.93. The first-order chi connectivity index (χ1) is 14.1. The number of carbonyl (C=O) groups excluding carboxylic acids is 2. The van der Waals surface area contributed by atoms with Crippen LogP contribution in [0.3, 0.4) is 0 Å². The number of hydrogen-bond donors (Lipinski definition) is 0. The second kappa shape index (κ2) is 7.90. The van der Waals surface area contributed by atoms with Gasteiger partial charge in [-0.2, -0.15) is 0 Å². The number of carbonyl (C=O) groups is 2. The molecule has 1 aromatic heterocycles. The van der Waals surface area contributed by atoms with E-state index in [0.29, 0.717) is 48.6 Å². The van der Waals surface area contributed by atoms with Crippen molar-refractivity contribution >= 4 is 22.8 Å². The first-order valence-corrected chi connectivity index (χ1v) is 9.66. The van der Waals surface area contributed by atoms with Crippen LogP contribution in [0, 0.1) is 0 Å². The molecule has 0 unspecified atom stereocenters. The average molecular weight is 393 g/mol. The minimum atomic E-state index is -0.0496. The molecule has 0 radical (unpaired) electrons. The Kier molecular flexibility index (Phi) is 5.16. The monoisotopic (exact) mass is 393 g/mol. The summed E-state index contributed by atoms with van der Waals surface area (Å²) in [5, 5.41) is 8.23. The Labute approximate surface area is 168 Å². The van der Waals surface area contributed by atoms with E-state index in [1.165, 1.54) is 0 Å². The van der Waals surface area contributed by atoms with Crippen LogP contribution in [0.25, 0.3) is 11.0 Å². The normalized spacial score (nSPS) is 14.3. The molecule has 150 valence electrons. The number of nitrogens with zero attached hydrogens (tertiary/aromatic N) is 5. The lowest BCUT2D eigenvalue weighted by atomic mass is 10.1. The molecule has 1 aliphatic rings. The van der Waals surface area contributed by atoms with E-state index >= 15 is 0 Å². The summed E-state index contributed by atoms with van der Waals surface area (Å²) in [6, 6.07) is 12.6. The lowest BCUT2D eigenvalue weighted by Crippen LogP contribution is -2.50. The number of ether oxygens (including phenoxy) is 1. The van der Waals surface area contributed by atoms with Crippen LogP contribution < -0.4 is 4.74 Å². The van der Waals surface area contributed by atoms with Crippen molar-refractivity contribution in [1.29, 1.82) is 0 Å². The summed E-state index contributed by atoms with van der Waals surface area (Å²) in [5.74, 6) is 0.556. The molecule has 0 saturated carbocycles. The van der Waals surface area contributed by atoms with Crippen LogP contribution in [-0.2, 0) is 6.54 Å². The van der Waals surface area contributed by atoms with Crippen molar-refractivity contribution in [2.75, 3.05) is 33.3 Å². The lowest BCUT2D eigenvalue weighted by molar-refractivity contribution is 0.0535. The van der Waals surface area contributed by atoms with E-state index in [4.69, 9.17) is 4.74 Å². The molecule has 8 nitrogen and oxygen atoms in total. The summed E-state index contributed by atoms with van der Waals surface area (Å²) < 4.78 is 6.99. The van der Waals surface area contributed by atoms with Gasteiger partial charge in [-0.1, -0.05) is 11.3 Å². The molecule has 1 saturated heterocycles.